The third kappa shape index (κ3) is 1.55. The molecule has 0 bridgehead atoms. The molecule has 0 aromatic heterocycles. The van der Waals surface area contributed by atoms with Crippen molar-refractivity contribution in [1.82, 2.24) is 10.6 Å². The van der Waals surface area contributed by atoms with Crippen LogP contribution in [0.15, 0.2) is 0 Å². The van der Waals surface area contributed by atoms with Crippen molar-refractivity contribution in [2.24, 2.45) is 0 Å². The monoisotopic (exact) mass is 156 g/mol. The molecule has 64 valence electrons. The molecular weight excluding hydrogens is 140 g/mol. The molecule has 2 aliphatic heterocycles. The molecule has 0 saturated carbocycles. The minimum Gasteiger partial charge on any atom is -0.358 e. The summed E-state index contributed by atoms with van der Waals surface area (Å²) < 4.78 is 5.73. The zero-order chi connectivity index (χ0) is 7.57. The Kier molecular flexibility index (Phi) is 2.11. The summed E-state index contributed by atoms with van der Waals surface area (Å²) >= 11 is 0. The van der Waals surface area contributed by atoms with Gasteiger partial charge >= 0.3 is 0 Å². The quantitative estimate of drug-likeness (QED) is 0.521. The van der Waals surface area contributed by atoms with E-state index in [1.807, 2.05) is 0 Å². The number of nitrogens with one attached hydrogen (secondary N) is 2. The summed E-state index contributed by atoms with van der Waals surface area (Å²) in [6, 6.07) is 0. The second kappa shape index (κ2) is 3.09. The van der Waals surface area contributed by atoms with Crippen LogP contribution in [0.5, 0.6) is 0 Å². The lowest BCUT2D eigenvalue weighted by Crippen LogP contribution is -2.53. The van der Waals surface area contributed by atoms with E-state index in [0.717, 1.165) is 19.8 Å². The highest BCUT2D eigenvalue weighted by molar-refractivity contribution is 4.89. The number of rotatable bonds is 0. The van der Waals surface area contributed by atoms with Gasteiger partial charge in [0.25, 0.3) is 0 Å². The fourth-order valence-corrected chi connectivity index (χ4v) is 1.94. The first-order chi connectivity index (χ1) is 5.41. The van der Waals surface area contributed by atoms with Crippen molar-refractivity contribution >= 4 is 0 Å². The average molecular weight is 156 g/mol. The van der Waals surface area contributed by atoms with Crippen molar-refractivity contribution < 1.29 is 4.74 Å². The molecule has 11 heavy (non-hydrogen) atoms. The summed E-state index contributed by atoms with van der Waals surface area (Å²) in [7, 11) is 0. The van der Waals surface area contributed by atoms with Crippen LogP contribution in [0.25, 0.3) is 0 Å². The Balaban J connectivity index is 1.94. The third-order valence-electron chi connectivity index (χ3n) is 2.67. The molecule has 1 spiro atoms. The molecule has 2 rings (SSSR count). The summed E-state index contributed by atoms with van der Waals surface area (Å²) in [6.45, 7) is 4.07. The Morgan fingerprint density at radius 1 is 1.09 bits per heavy atom. The van der Waals surface area contributed by atoms with E-state index in [2.05, 4.69) is 10.6 Å². The van der Waals surface area contributed by atoms with Crippen molar-refractivity contribution in [3.63, 3.8) is 0 Å². The van der Waals surface area contributed by atoms with Crippen molar-refractivity contribution in [2.75, 3.05) is 26.4 Å². The standard InChI is InChI=1S/C8H16N2O/c1-2-8(6-9-4-1)3-5-10-7-11-8/h9-10H,1-7H2. The zero-order valence-corrected chi connectivity index (χ0v) is 6.86. The Morgan fingerprint density at radius 3 is 2.73 bits per heavy atom. The lowest BCUT2D eigenvalue weighted by molar-refractivity contribution is -0.0955. The maximum absolute atomic E-state index is 5.73. The van der Waals surface area contributed by atoms with E-state index in [0.29, 0.717) is 0 Å². The van der Waals surface area contributed by atoms with Crippen LogP contribution in [0.3, 0.4) is 0 Å². The Hall–Kier alpha value is -0.120. The second-order valence-corrected chi connectivity index (χ2v) is 3.50. The van der Waals surface area contributed by atoms with Gasteiger partial charge in [0.2, 0.25) is 0 Å². The first kappa shape index (κ1) is 7.53. The maximum Gasteiger partial charge on any atom is 0.0973 e. The summed E-state index contributed by atoms with van der Waals surface area (Å²) in [5, 5.41) is 6.60. The van der Waals surface area contributed by atoms with Gasteiger partial charge in [-0.3, -0.25) is 5.32 Å². The van der Waals surface area contributed by atoms with Gasteiger partial charge in [0, 0.05) is 13.1 Å². The highest BCUT2D eigenvalue weighted by Gasteiger charge is 2.34. The van der Waals surface area contributed by atoms with Crippen LogP contribution < -0.4 is 10.6 Å². The molecule has 1 unspecified atom stereocenters. The van der Waals surface area contributed by atoms with Gasteiger partial charge in [-0.15, -0.1) is 0 Å². The molecule has 3 nitrogen and oxygen atoms in total. The number of hydrogen-bond acceptors (Lipinski definition) is 3. The normalized spacial score (nSPS) is 39.3. The molecule has 2 saturated heterocycles. The molecule has 0 aromatic rings. The van der Waals surface area contributed by atoms with Gasteiger partial charge in [0.1, 0.15) is 0 Å². The van der Waals surface area contributed by atoms with Gasteiger partial charge < -0.3 is 10.1 Å². The smallest absolute Gasteiger partial charge is 0.0973 e. The van der Waals surface area contributed by atoms with Gasteiger partial charge in [0.05, 0.1) is 12.3 Å². The largest absolute Gasteiger partial charge is 0.358 e. The fourth-order valence-electron chi connectivity index (χ4n) is 1.94. The first-order valence-corrected chi connectivity index (χ1v) is 4.47. The lowest BCUT2D eigenvalue weighted by atomic mass is 9.90. The van der Waals surface area contributed by atoms with E-state index in [1.165, 1.54) is 25.8 Å². The Morgan fingerprint density at radius 2 is 2.09 bits per heavy atom. The molecule has 2 aliphatic rings. The molecule has 1 atom stereocenters. The maximum atomic E-state index is 5.73. The average Bonchev–Trinajstić information content (AvgIpc) is 2.07. The third-order valence-corrected chi connectivity index (χ3v) is 2.67. The molecule has 0 aliphatic carbocycles. The molecule has 0 amide bonds. The van der Waals surface area contributed by atoms with Crippen LogP contribution in [-0.4, -0.2) is 32.0 Å². The molecule has 2 heterocycles. The number of piperidine rings is 1. The first-order valence-electron chi connectivity index (χ1n) is 4.47. The van der Waals surface area contributed by atoms with Crippen LogP contribution in [0.4, 0.5) is 0 Å². The van der Waals surface area contributed by atoms with Crippen molar-refractivity contribution in [3.8, 4) is 0 Å². The van der Waals surface area contributed by atoms with Gasteiger partial charge in [0.15, 0.2) is 0 Å². The topological polar surface area (TPSA) is 33.3 Å². The Labute approximate surface area is 67.5 Å². The predicted octanol–water partition coefficient (Wildman–Crippen LogP) is 0.0760. The van der Waals surface area contributed by atoms with Crippen LogP contribution in [0.2, 0.25) is 0 Å². The zero-order valence-electron chi connectivity index (χ0n) is 6.86. The van der Waals surface area contributed by atoms with E-state index in [9.17, 15) is 0 Å². The molecule has 0 radical (unpaired) electrons. The summed E-state index contributed by atoms with van der Waals surface area (Å²) in [5.74, 6) is 0. The highest BCUT2D eigenvalue weighted by atomic mass is 16.5. The van der Waals surface area contributed by atoms with E-state index >= 15 is 0 Å². The highest BCUT2D eigenvalue weighted by Crippen LogP contribution is 2.25. The van der Waals surface area contributed by atoms with Crippen LogP contribution in [0.1, 0.15) is 19.3 Å². The molecular formula is C8H16N2O. The molecule has 2 fully saturated rings. The van der Waals surface area contributed by atoms with Crippen LogP contribution in [-0.2, 0) is 4.74 Å². The van der Waals surface area contributed by atoms with Gasteiger partial charge in [-0.05, 0) is 25.8 Å². The summed E-state index contributed by atoms with van der Waals surface area (Å²) in [6.07, 6.45) is 3.67. The number of hydrogen-bond donors (Lipinski definition) is 2. The molecule has 3 heteroatoms. The van der Waals surface area contributed by atoms with E-state index in [4.69, 9.17) is 4.74 Å². The van der Waals surface area contributed by atoms with E-state index < -0.39 is 0 Å². The van der Waals surface area contributed by atoms with Gasteiger partial charge in [-0.25, -0.2) is 0 Å². The molecule has 0 aromatic carbocycles. The second-order valence-electron chi connectivity index (χ2n) is 3.50. The van der Waals surface area contributed by atoms with Crippen molar-refractivity contribution in [2.45, 2.75) is 24.9 Å². The van der Waals surface area contributed by atoms with Crippen molar-refractivity contribution in [3.05, 3.63) is 0 Å². The van der Waals surface area contributed by atoms with Crippen molar-refractivity contribution in [1.29, 1.82) is 0 Å². The summed E-state index contributed by atoms with van der Waals surface area (Å²) in [4.78, 5) is 0. The van der Waals surface area contributed by atoms with E-state index in [1.54, 1.807) is 0 Å². The minimum atomic E-state index is 0.184. The van der Waals surface area contributed by atoms with Gasteiger partial charge in [-0.1, -0.05) is 0 Å². The summed E-state index contributed by atoms with van der Waals surface area (Å²) in [5.41, 5.74) is 0.184. The van der Waals surface area contributed by atoms with E-state index in [-0.39, 0.29) is 5.60 Å². The van der Waals surface area contributed by atoms with Gasteiger partial charge in [-0.2, -0.15) is 0 Å². The number of ether oxygens (including phenoxy) is 1. The van der Waals surface area contributed by atoms with Crippen LogP contribution in [0, 0.1) is 0 Å². The Bertz CT molecular complexity index is 107. The minimum absolute atomic E-state index is 0.184. The van der Waals surface area contributed by atoms with Crippen LogP contribution >= 0.6 is 0 Å². The lowest BCUT2D eigenvalue weighted by Gasteiger charge is -2.40. The SMILES string of the molecule is C1CNCC2(C1)CCNCO2. The molecule has 2 N–H and O–H groups in total. The predicted molar refractivity (Wildman–Crippen MR) is 43.4 cm³/mol. The fraction of sp³-hybridized carbons (Fsp3) is 1.00.